The molecule has 29 heavy (non-hydrogen) atoms. The number of benzene rings is 1. The van der Waals surface area contributed by atoms with Crippen LogP contribution in [0.5, 0.6) is 0 Å². The van der Waals surface area contributed by atoms with Crippen LogP contribution in [0.1, 0.15) is 62.4 Å². The highest BCUT2D eigenvalue weighted by molar-refractivity contribution is 14.0. The molecule has 164 valence electrons. The number of hydrogen-bond donors (Lipinski definition) is 3. The van der Waals surface area contributed by atoms with E-state index in [0.29, 0.717) is 17.5 Å². The molecule has 1 amide bonds. The predicted molar refractivity (Wildman–Crippen MR) is 130 cm³/mol. The molecule has 6 nitrogen and oxygen atoms in total. The molecule has 0 saturated heterocycles. The Labute approximate surface area is 192 Å². The molecule has 1 aliphatic rings. The third-order valence-corrected chi connectivity index (χ3v) is 5.24. The first kappa shape index (κ1) is 25.7. The van der Waals surface area contributed by atoms with Crippen LogP contribution in [0, 0.1) is 5.41 Å². The molecule has 2 rings (SSSR count). The zero-order valence-electron chi connectivity index (χ0n) is 18.4. The zero-order chi connectivity index (χ0) is 20.6. The van der Waals surface area contributed by atoms with E-state index in [9.17, 15) is 4.79 Å². The van der Waals surface area contributed by atoms with Gasteiger partial charge in [0.15, 0.2) is 5.96 Å². The molecular formula is C22H37IN4O2. The molecule has 7 heteroatoms. The van der Waals surface area contributed by atoms with Gasteiger partial charge in [-0.1, -0.05) is 18.6 Å². The van der Waals surface area contributed by atoms with Crippen molar-refractivity contribution in [2.24, 2.45) is 10.4 Å². The molecule has 0 aliphatic heterocycles. The minimum absolute atomic E-state index is 0. The van der Waals surface area contributed by atoms with E-state index in [1.807, 2.05) is 45.0 Å². The fourth-order valence-corrected chi connectivity index (χ4v) is 3.42. The first-order chi connectivity index (χ1) is 13.3. The summed E-state index contributed by atoms with van der Waals surface area (Å²) in [5.41, 5.74) is 1.79. The second-order valence-electron chi connectivity index (χ2n) is 8.78. The topological polar surface area (TPSA) is 74.8 Å². The maximum atomic E-state index is 12.4. The summed E-state index contributed by atoms with van der Waals surface area (Å²) in [4.78, 5) is 16.7. The van der Waals surface area contributed by atoms with Gasteiger partial charge in [-0.15, -0.1) is 24.0 Å². The highest BCUT2D eigenvalue weighted by atomic mass is 127. The lowest BCUT2D eigenvalue weighted by molar-refractivity contribution is 0.0732. The largest absolute Gasteiger partial charge is 0.385 e. The number of nitrogens with zero attached hydrogens (tertiary/aromatic N) is 1. The number of carbonyl (C=O) groups is 1. The van der Waals surface area contributed by atoms with E-state index in [2.05, 4.69) is 20.9 Å². The lowest BCUT2D eigenvalue weighted by atomic mass is 9.67. The number of amides is 1. The summed E-state index contributed by atoms with van der Waals surface area (Å²) in [5, 5.41) is 9.82. The van der Waals surface area contributed by atoms with Crippen molar-refractivity contribution in [2.75, 3.05) is 27.3 Å². The molecule has 0 bridgehead atoms. The summed E-state index contributed by atoms with van der Waals surface area (Å²) in [5.74, 6) is 0.732. The van der Waals surface area contributed by atoms with Crippen LogP contribution in [-0.4, -0.2) is 44.7 Å². The maximum absolute atomic E-state index is 12.4. The molecule has 1 saturated carbocycles. The normalized spacial score (nSPS) is 15.7. The summed E-state index contributed by atoms with van der Waals surface area (Å²) in [7, 11) is 3.54. The van der Waals surface area contributed by atoms with Crippen LogP contribution in [0.3, 0.4) is 0 Å². The molecule has 1 aromatic carbocycles. The summed E-state index contributed by atoms with van der Waals surface area (Å²) >= 11 is 0. The van der Waals surface area contributed by atoms with E-state index in [0.717, 1.165) is 31.1 Å². The third-order valence-electron chi connectivity index (χ3n) is 5.24. The van der Waals surface area contributed by atoms with Gasteiger partial charge in [0, 0.05) is 45.0 Å². The van der Waals surface area contributed by atoms with Crippen LogP contribution < -0.4 is 16.0 Å². The Morgan fingerprint density at radius 2 is 1.97 bits per heavy atom. The van der Waals surface area contributed by atoms with E-state index in [1.165, 1.54) is 19.3 Å². The standard InChI is InChI=1S/C22H36N4O2.HI/c1-21(2,3)26-19(27)18-9-6-8-17(14-18)15-24-20(23-4)25-16-22(10-7-11-22)12-13-28-5;/h6,8-9,14H,7,10-13,15-16H2,1-5H3,(H,26,27)(H2,23,24,25);1H. The van der Waals surface area contributed by atoms with E-state index < -0.39 is 0 Å². The van der Waals surface area contributed by atoms with Crippen molar-refractivity contribution in [3.05, 3.63) is 35.4 Å². The van der Waals surface area contributed by atoms with Crippen molar-refractivity contribution in [1.29, 1.82) is 0 Å². The van der Waals surface area contributed by atoms with Crippen molar-refractivity contribution in [2.45, 2.75) is 58.5 Å². The molecule has 1 fully saturated rings. The Kier molecular flexibility index (Phi) is 10.4. The maximum Gasteiger partial charge on any atom is 0.251 e. The number of methoxy groups -OCH3 is 1. The molecular weight excluding hydrogens is 479 g/mol. The number of ether oxygens (including phenoxy) is 1. The average molecular weight is 516 g/mol. The molecule has 0 atom stereocenters. The Balaban J connectivity index is 0.00000420. The zero-order valence-corrected chi connectivity index (χ0v) is 20.8. The molecule has 0 heterocycles. The molecule has 1 aliphatic carbocycles. The number of aliphatic imine (C=N–C) groups is 1. The number of guanidine groups is 1. The van der Waals surface area contributed by atoms with Gasteiger partial charge in [0.25, 0.3) is 5.91 Å². The van der Waals surface area contributed by atoms with Gasteiger partial charge in [-0.2, -0.15) is 0 Å². The molecule has 0 unspecified atom stereocenters. The molecule has 0 aromatic heterocycles. The first-order valence-corrected chi connectivity index (χ1v) is 10.1. The lowest BCUT2D eigenvalue weighted by Crippen LogP contribution is -2.46. The molecule has 3 N–H and O–H groups in total. The predicted octanol–water partition coefficient (Wildman–Crippen LogP) is 3.70. The Bertz CT molecular complexity index is 682. The number of hydrogen-bond acceptors (Lipinski definition) is 3. The molecule has 0 spiro atoms. The Hall–Kier alpha value is -1.35. The van der Waals surface area contributed by atoms with Crippen molar-refractivity contribution in [3.63, 3.8) is 0 Å². The highest BCUT2D eigenvalue weighted by Gasteiger charge is 2.36. The van der Waals surface area contributed by atoms with Gasteiger partial charge in [-0.25, -0.2) is 0 Å². The fraction of sp³-hybridized carbons (Fsp3) is 0.636. The number of nitrogens with one attached hydrogen (secondary N) is 3. The second kappa shape index (κ2) is 11.7. The summed E-state index contributed by atoms with van der Waals surface area (Å²) < 4.78 is 5.27. The van der Waals surface area contributed by atoms with E-state index in [1.54, 1.807) is 14.2 Å². The Morgan fingerprint density at radius 3 is 2.52 bits per heavy atom. The van der Waals surface area contributed by atoms with Crippen LogP contribution in [0.25, 0.3) is 0 Å². The van der Waals surface area contributed by atoms with Crippen LogP contribution in [0.2, 0.25) is 0 Å². The number of halogens is 1. The quantitative estimate of drug-likeness (QED) is 0.280. The fourth-order valence-electron chi connectivity index (χ4n) is 3.42. The first-order valence-electron chi connectivity index (χ1n) is 10.1. The van der Waals surface area contributed by atoms with E-state index in [-0.39, 0.29) is 35.4 Å². The minimum Gasteiger partial charge on any atom is -0.385 e. The van der Waals surface area contributed by atoms with Crippen molar-refractivity contribution < 1.29 is 9.53 Å². The van der Waals surface area contributed by atoms with Gasteiger partial charge in [-0.05, 0) is 63.1 Å². The SMILES string of the molecule is CN=C(NCc1cccc(C(=O)NC(C)(C)C)c1)NCC1(CCOC)CCC1.I. The summed E-state index contributed by atoms with van der Waals surface area (Å²) in [6.45, 7) is 8.26. The van der Waals surface area contributed by atoms with Crippen LogP contribution in [0.4, 0.5) is 0 Å². The molecule has 0 radical (unpaired) electrons. The van der Waals surface area contributed by atoms with E-state index >= 15 is 0 Å². The van der Waals surface area contributed by atoms with Gasteiger partial charge >= 0.3 is 0 Å². The summed E-state index contributed by atoms with van der Waals surface area (Å²) in [6, 6.07) is 7.69. The smallest absolute Gasteiger partial charge is 0.251 e. The van der Waals surface area contributed by atoms with Crippen LogP contribution in [-0.2, 0) is 11.3 Å². The average Bonchev–Trinajstić information content (AvgIpc) is 2.61. The van der Waals surface area contributed by atoms with E-state index in [4.69, 9.17) is 4.74 Å². The van der Waals surface area contributed by atoms with Gasteiger partial charge in [-0.3, -0.25) is 9.79 Å². The lowest BCUT2D eigenvalue weighted by Gasteiger charge is -2.42. The third kappa shape index (κ3) is 8.50. The Morgan fingerprint density at radius 1 is 1.24 bits per heavy atom. The second-order valence-corrected chi connectivity index (χ2v) is 8.78. The minimum atomic E-state index is -0.252. The van der Waals surface area contributed by atoms with Gasteiger partial charge in [0.05, 0.1) is 0 Å². The highest BCUT2D eigenvalue weighted by Crippen LogP contribution is 2.43. The number of rotatable bonds is 8. The van der Waals surface area contributed by atoms with Crippen molar-refractivity contribution in [3.8, 4) is 0 Å². The monoisotopic (exact) mass is 516 g/mol. The van der Waals surface area contributed by atoms with Crippen molar-refractivity contribution >= 4 is 35.8 Å². The van der Waals surface area contributed by atoms with Crippen LogP contribution in [0.15, 0.2) is 29.3 Å². The van der Waals surface area contributed by atoms with Gasteiger partial charge in [0.1, 0.15) is 0 Å². The van der Waals surface area contributed by atoms with Gasteiger partial charge in [0.2, 0.25) is 0 Å². The molecule has 1 aromatic rings. The van der Waals surface area contributed by atoms with Crippen molar-refractivity contribution in [1.82, 2.24) is 16.0 Å². The van der Waals surface area contributed by atoms with Gasteiger partial charge < -0.3 is 20.7 Å². The van der Waals surface area contributed by atoms with Crippen LogP contribution >= 0.6 is 24.0 Å². The number of carbonyl (C=O) groups excluding carboxylic acids is 1. The summed E-state index contributed by atoms with van der Waals surface area (Å²) in [6.07, 6.45) is 4.86.